The smallest absolute Gasteiger partial charge is 0.290 e. The second-order valence-corrected chi connectivity index (χ2v) is 9.20. The maximum absolute atomic E-state index is 13.0. The number of Topliss-reactive ketones (excluding diaryl/α,β-unsaturated/α-hetero) is 1. The number of aliphatic hydroxyl groups is 1. The van der Waals surface area contributed by atoms with Gasteiger partial charge in [-0.2, -0.15) is 0 Å². The van der Waals surface area contributed by atoms with Crippen LogP contribution in [0, 0.1) is 12.3 Å². The molecule has 0 aromatic carbocycles. The van der Waals surface area contributed by atoms with Crippen LogP contribution in [0.2, 0.25) is 0 Å². The zero-order valence-corrected chi connectivity index (χ0v) is 16.3. The molecule has 0 bridgehead atoms. The number of aryl methyl sites for hydroxylation is 1. The van der Waals surface area contributed by atoms with Gasteiger partial charge in [0.05, 0.1) is 18.2 Å². The fourth-order valence-electron chi connectivity index (χ4n) is 2.96. The molecule has 3 rings (SSSR count). The Morgan fingerprint density at radius 2 is 1.96 bits per heavy atom. The van der Waals surface area contributed by atoms with Gasteiger partial charge in [0.15, 0.2) is 11.5 Å². The third kappa shape index (κ3) is 3.16. The van der Waals surface area contributed by atoms with Crippen molar-refractivity contribution in [2.45, 2.75) is 40.3 Å². The van der Waals surface area contributed by atoms with E-state index in [0.29, 0.717) is 6.54 Å². The summed E-state index contributed by atoms with van der Waals surface area (Å²) >= 11 is 3.07. The predicted octanol–water partition coefficient (Wildman–Crippen LogP) is 4.63. The number of hydrogen-bond acceptors (Lipinski definition) is 5. The predicted molar refractivity (Wildman–Crippen MR) is 101 cm³/mol. The van der Waals surface area contributed by atoms with Crippen molar-refractivity contribution in [3.8, 4) is 0 Å². The summed E-state index contributed by atoms with van der Waals surface area (Å²) in [5.74, 6) is -1.07. The minimum atomic E-state index is -0.675. The third-order valence-electron chi connectivity index (χ3n) is 4.29. The Balaban J connectivity index is 2.10. The molecule has 3 heterocycles. The molecule has 0 spiro atoms. The van der Waals surface area contributed by atoms with Gasteiger partial charge in [0, 0.05) is 15.2 Å². The number of amides is 1. The quantitative estimate of drug-likeness (QED) is 0.848. The Bertz CT molecular complexity index is 840. The van der Waals surface area contributed by atoms with Crippen molar-refractivity contribution >= 4 is 34.4 Å². The van der Waals surface area contributed by atoms with Gasteiger partial charge in [-0.3, -0.25) is 9.59 Å². The highest BCUT2D eigenvalue weighted by Gasteiger charge is 2.46. The molecular weight excluding hydrogens is 354 g/mol. The monoisotopic (exact) mass is 375 g/mol. The maximum atomic E-state index is 13.0. The van der Waals surface area contributed by atoms with Gasteiger partial charge >= 0.3 is 0 Å². The largest absolute Gasteiger partial charge is 0.503 e. The molecule has 1 aliphatic heterocycles. The minimum absolute atomic E-state index is 0.190. The molecule has 1 unspecified atom stereocenters. The number of rotatable bonds is 4. The van der Waals surface area contributed by atoms with Crippen LogP contribution in [0.1, 0.15) is 42.1 Å². The maximum Gasteiger partial charge on any atom is 0.290 e. The Morgan fingerprint density at radius 1 is 1.24 bits per heavy atom. The molecule has 2 aromatic heterocycles. The van der Waals surface area contributed by atoms with Gasteiger partial charge in [-0.15, -0.1) is 22.7 Å². The fourth-order valence-corrected chi connectivity index (χ4v) is 4.71. The molecule has 0 aliphatic carbocycles. The first kappa shape index (κ1) is 17.9. The number of nitrogens with zero attached hydrogens (tertiary/aromatic N) is 1. The summed E-state index contributed by atoms with van der Waals surface area (Å²) in [6.07, 6.45) is 0. The van der Waals surface area contributed by atoms with Crippen molar-refractivity contribution in [2.24, 2.45) is 5.41 Å². The summed E-state index contributed by atoms with van der Waals surface area (Å²) < 4.78 is 0. The molecule has 1 atom stereocenters. The lowest BCUT2D eigenvalue weighted by molar-refractivity contribution is -0.129. The average Bonchev–Trinajstić information content (AvgIpc) is 3.23. The zero-order valence-electron chi connectivity index (χ0n) is 14.7. The number of hydrogen-bond donors (Lipinski definition) is 1. The van der Waals surface area contributed by atoms with Gasteiger partial charge in [-0.05, 0) is 35.4 Å². The van der Waals surface area contributed by atoms with Crippen molar-refractivity contribution < 1.29 is 14.7 Å². The van der Waals surface area contributed by atoms with Gasteiger partial charge in [-0.25, -0.2) is 0 Å². The molecule has 0 radical (unpaired) electrons. The van der Waals surface area contributed by atoms with Crippen molar-refractivity contribution in [3.63, 3.8) is 0 Å². The molecule has 1 amide bonds. The van der Waals surface area contributed by atoms with Crippen molar-refractivity contribution in [1.29, 1.82) is 0 Å². The van der Waals surface area contributed by atoms with E-state index in [0.717, 1.165) is 15.3 Å². The Hall–Kier alpha value is -1.92. The van der Waals surface area contributed by atoms with Gasteiger partial charge < -0.3 is 10.0 Å². The molecule has 0 fully saturated rings. The number of carbonyl (C=O) groups excluding carboxylic acids is 2. The second-order valence-electron chi connectivity index (χ2n) is 7.22. The highest BCUT2D eigenvalue weighted by Crippen LogP contribution is 2.44. The lowest BCUT2D eigenvalue weighted by atomic mass is 9.83. The first-order valence-corrected chi connectivity index (χ1v) is 9.83. The van der Waals surface area contributed by atoms with Crippen LogP contribution in [-0.2, 0) is 16.1 Å². The third-order valence-corrected chi connectivity index (χ3v) is 6.22. The van der Waals surface area contributed by atoms with E-state index in [4.69, 9.17) is 0 Å². The van der Waals surface area contributed by atoms with E-state index in [-0.39, 0.29) is 11.4 Å². The van der Waals surface area contributed by atoms with Crippen LogP contribution in [0.4, 0.5) is 0 Å². The van der Waals surface area contributed by atoms with E-state index in [2.05, 4.69) is 0 Å². The molecule has 132 valence electrons. The molecule has 1 aliphatic rings. The second kappa shape index (κ2) is 6.42. The topological polar surface area (TPSA) is 57.6 Å². The van der Waals surface area contributed by atoms with Crippen LogP contribution in [0.25, 0.3) is 0 Å². The van der Waals surface area contributed by atoms with Crippen LogP contribution >= 0.6 is 22.7 Å². The SMILES string of the molecule is Cc1ccsc1C1C(C(=O)C(C)(C)C)=C(O)C(=O)N1Cc1cccs1. The van der Waals surface area contributed by atoms with E-state index < -0.39 is 23.1 Å². The van der Waals surface area contributed by atoms with E-state index in [9.17, 15) is 14.7 Å². The number of aliphatic hydroxyl groups excluding tert-OH is 1. The standard InChI is InChI=1S/C19H21NO3S2/c1-11-7-9-25-16(11)14-13(17(22)19(2,3)4)15(21)18(23)20(14)10-12-6-5-8-24-12/h5-9,14,21H,10H2,1-4H3. The van der Waals surface area contributed by atoms with Gasteiger partial charge in [-0.1, -0.05) is 26.8 Å². The summed E-state index contributed by atoms with van der Waals surface area (Å²) in [5.41, 5.74) is 0.568. The summed E-state index contributed by atoms with van der Waals surface area (Å²) in [6, 6.07) is 5.33. The minimum Gasteiger partial charge on any atom is -0.503 e. The average molecular weight is 376 g/mol. The molecule has 6 heteroatoms. The Labute approximate surface area is 155 Å². The highest BCUT2D eigenvalue weighted by molar-refractivity contribution is 7.10. The van der Waals surface area contributed by atoms with Gasteiger partial charge in [0.1, 0.15) is 0 Å². The van der Waals surface area contributed by atoms with Crippen LogP contribution in [0.3, 0.4) is 0 Å². The number of thiophene rings is 2. The lowest BCUT2D eigenvalue weighted by Crippen LogP contribution is -2.32. The normalized spacial score (nSPS) is 18.3. The summed E-state index contributed by atoms with van der Waals surface area (Å²) in [4.78, 5) is 29.3. The Morgan fingerprint density at radius 3 is 2.48 bits per heavy atom. The fraction of sp³-hybridized carbons (Fsp3) is 0.368. The molecule has 4 nitrogen and oxygen atoms in total. The molecule has 2 aromatic rings. The zero-order chi connectivity index (χ0) is 18.4. The molecular formula is C19H21NO3S2. The lowest BCUT2D eigenvalue weighted by Gasteiger charge is -2.28. The van der Waals surface area contributed by atoms with Crippen LogP contribution in [0.15, 0.2) is 40.3 Å². The Kier molecular flexibility index (Phi) is 4.60. The molecule has 25 heavy (non-hydrogen) atoms. The van der Waals surface area contributed by atoms with E-state index in [1.807, 2.05) is 35.9 Å². The summed E-state index contributed by atoms with van der Waals surface area (Å²) in [6.45, 7) is 7.76. The van der Waals surface area contributed by atoms with E-state index in [1.54, 1.807) is 37.0 Å². The first-order chi connectivity index (χ1) is 11.7. The van der Waals surface area contributed by atoms with Crippen LogP contribution in [-0.4, -0.2) is 21.7 Å². The number of ketones is 1. The van der Waals surface area contributed by atoms with Crippen molar-refractivity contribution in [1.82, 2.24) is 4.90 Å². The van der Waals surface area contributed by atoms with E-state index in [1.165, 1.54) is 11.3 Å². The molecule has 0 saturated carbocycles. The van der Waals surface area contributed by atoms with Crippen molar-refractivity contribution in [2.75, 3.05) is 0 Å². The van der Waals surface area contributed by atoms with Gasteiger partial charge in [0.25, 0.3) is 5.91 Å². The summed E-state index contributed by atoms with van der Waals surface area (Å²) in [7, 11) is 0. The van der Waals surface area contributed by atoms with Crippen LogP contribution < -0.4 is 0 Å². The van der Waals surface area contributed by atoms with Gasteiger partial charge in [0.2, 0.25) is 0 Å². The highest BCUT2D eigenvalue weighted by atomic mass is 32.1. The van der Waals surface area contributed by atoms with Crippen molar-refractivity contribution in [3.05, 3.63) is 55.6 Å². The van der Waals surface area contributed by atoms with Crippen LogP contribution in [0.5, 0.6) is 0 Å². The van der Waals surface area contributed by atoms with E-state index >= 15 is 0 Å². The number of carbonyl (C=O) groups is 2. The first-order valence-electron chi connectivity index (χ1n) is 8.07. The summed E-state index contributed by atoms with van der Waals surface area (Å²) in [5, 5.41) is 14.4. The molecule has 1 N–H and O–H groups in total. The molecule has 0 saturated heterocycles.